The van der Waals surface area contributed by atoms with Gasteiger partial charge in [-0.25, -0.2) is 0 Å². The lowest BCUT2D eigenvalue weighted by molar-refractivity contribution is -0.0463. The van der Waals surface area contributed by atoms with Crippen molar-refractivity contribution >= 4 is 0 Å². The standard InChI is InChI=1S/C11H22N2O/c1-10(7-12-4)8-13-5-6-14-9-11(13,2)3/h12H,1,5-9H2,2-4H3. The van der Waals surface area contributed by atoms with Crippen LogP contribution in [0.15, 0.2) is 12.2 Å². The molecule has 0 aromatic carbocycles. The van der Waals surface area contributed by atoms with Crippen LogP contribution in [0.1, 0.15) is 13.8 Å². The van der Waals surface area contributed by atoms with E-state index in [1.807, 2.05) is 7.05 Å². The van der Waals surface area contributed by atoms with Crippen LogP contribution in [0, 0.1) is 0 Å². The second kappa shape index (κ2) is 4.91. The third-order valence-corrected chi connectivity index (χ3v) is 2.66. The molecule has 0 atom stereocenters. The summed E-state index contributed by atoms with van der Waals surface area (Å²) >= 11 is 0. The number of ether oxygens (including phenoxy) is 1. The Morgan fingerprint density at radius 2 is 2.29 bits per heavy atom. The van der Waals surface area contributed by atoms with Gasteiger partial charge in [0.05, 0.1) is 13.2 Å². The summed E-state index contributed by atoms with van der Waals surface area (Å²) in [7, 11) is 1.95. The van der Waals surface area contributed by atoms with Crippen molar-refractivity contribution in [2.24, 2.45) is 0 Å². The number of morpholine rings is 1. The van der Waals surface area contributed by atoms with E-state index in [9.17, 15) is 0 Å². The molecule has 1 saturated heterocycles. The average Bonchev–Trinajstić information content (AvgIpc) is 2.09. The summed E-state index contributed by atoms with van der Waals surface area (Å²) in [4.78, 5) is 2.44. The Bertz CT molecular complexity index is 201. The van der Waals surface area contributed by atoms with Gasteiger partial charge in [-0.2, -0.15) is 0 Å². The van der Waals surface area contributed by atoms with E-state index in [0.717, 1.165) is 32.8 Å². The smallest absolute Gasteiger partial charge is 0.0645 e. The van der Waals surface area contributed by atoms with Gasteiger partial charge in [0.15, 0.2) is 0 Å². The van der Waals surface area contributed by atoms with E-state index in [1.54, 1.807) is 0 Å². The molecule has 1 aliphatic heterocycles. The molecule has 0 saturated carbocycles. The van der Waals surface area contributed by atoms with Gasteiger partial charge in [0.25, 0.3) is 0 Å². The van der Waals surface area contributed by atoms with Gasteiger partial charge in [-0.1, -0.05) is 6.58 Å². The summed E-state index contributed by atoms with van der Waals surface area (Å²) in [6.45, 7) is 13.0. The van der Waals surface area contributed by atoms with E-state index >= 15 is 0 Å². The molecule has 0 radical (unpaired) electrons. The Kier molecular flexibility index (Phi) is 4.11. The van der Waals surface area contributed by atoms with Gasteiger partial charge in [-0.05, 0) is 26.5 Å². The molecule has 3 heteroatoms. The maximum Gasteiger partial charge on any atom is 0.0645 e. The predicted octanol–water partition coefficient (Wildman–Crippen LogP) is 0.873. The SMILES string of the molecule is C=C(CNC)CN1CCOCC1(C)C. The largest absolute Gasteiger partial charge is 0.378 e. The Morgan fingerprint density at radius 1 is 1.57 bits per heavy atom. The van der Waals surface area contributed by atoms with Crippen LogP contribution in [0.5, 0.6) is 0 Å². The van der Waals surface area contributed by atoms with Crippen LogP contribution in [-0.4, -0.2) is 50.3 Å². The number of rotatable bonds is 4. The first kappa shape index (κ1) is 11.7. The summed E-state index contributed by atoms with van der Waals surface area (Å²) in [5, 5.41) is 3.13. The van der Waals surface area contributed by atoms with Crippen molar-refractivity contribution < 1.29 is 4.74 Å². The van der Waals surface area contributed by atoms with E-state index in [2.05, 4.69) is 30.6 Å². The Hall–Kier alpha value is -0.380. The van der Waals surface area contributed by atoms with Crippen molar-refractivity contribution in [2.75, 3.05) is 39.9 Å². The molecule has 0 amide bonds. The fourth-order valence-corrected chi connectivity index (χ4v) is 1.76. The highest BCUT2D eigenvalue weighted by Crippen LogP contribution is 2.19. The summed E-state index contributed by atoms with van der Waals surface area (Å²) in [5.41, 5.74) is 1.39. The molecule has 0 aromatic rings. The quantitative estimate of drug-likeness (QED) is 0.678. The first-order valence-corrected chi connectivity index (χ1v) is 5.20. The van der Waals surface area contributed by atoms with Crippen LogP contribution in [-0.2, 0) is 4.74 Å². The van der Waals surface area contributed by atoms with Gasteiger partial charge in [0, 0.05) is 25.2 Å². The van der Waals surface area contributed by atoms with Crippen LogP contribution < -0.4 is 5.32 Å². The van der Waals surface area contributed by atoms with Crippen LogP contribution in [0.4, 0.5) is 0 Å². The van der Waals surface area contributed by atoms with E-state index < -0.39 is 0 Å². The van der Waals surface area contributed by atoms with Gasteiger partial charge in [-0.15, -0.1) is 0 Å². The first-order valence-electron chi connectivity index (χ1n) is 5.20. The van der Waals surface area contributed by atoms with Gasteiger partial charge >= 0.3 is 0 Å². The monoisotopic (exact) mass is 198 g/mol. The van der Waals surface area contributed by atoms with Crippen molar-refractivity contribution in [1.29, 1.82) is 0 Å². The minimum Gasteiger partial charge on any atom is -0.378 e. The van der Waals surface area contributed by atoms with Crippen molar-refractivity contribution in [3.05, 3.63) is 12.2 Å². The normalized spacial score (nSPS) is 22.2. The van der Waals surface area contributed by atoms with E-state index in [4.69, 9.17) is 4.74 Å². The van der Waals surface area contributed by atoms with E-state index in [0.29, 0.717) is 0 Å². The summed E-state index contributed by atoms with van der Waals surface area (Å²) in [5.74, 6) is 0. The Balaban J connectivity index is 2.45. The molecule has 0 aromatic heterocycles. The minimum atomic E-state index is 0.148. The maximum absolute atomic E-state index is 5.47. The van der Waals surface area contributed by atoms with E-state index in [1.165, 1.54) is 5.57 Å². The maximum atomic E-state index is 5.47. The van der Waals surface area contributed by atoms with Gasteiger partial charge in [0.1, 0.15) is 0 Å². The second-order valence-corrected chi connectivity index (χ2v) is 4.57. The van der Waals surface area contributed by atoms with Crippen molar-refractivity contribution in [1.82, 2.24) is 10.2 Å². The highest BCUT2D eigenvalue weighted by molar-refractivity contribution is 5.02. The van der Waals surface area contributed by atoms with Crippen LogP contribution in [0.3, 0.4) is 0 Å². The topological polar surface area (TPSA) is 24.5 Å². The molecular formula is C11H22N2O. The van der Waals surface area contributed by atoms with E-state index in [-0.39, 0.29) is 5.54 Å². The molecule has 0 bridgehead atoms. The van der Waals surface area contributed by atoms with Gasteiger partial charge < -0.3 is 10.1 Å². The van der Waals surface area contributed by atoms with Crippen molar-refractivity contribution in [2.45, 2.75) is 19.4 Å². The molecule has 1 heterocycles. The fraction of sp³-hybridized carbons (Fsp3) is 0.818. The fourth-order valence-electron chi connectivity index (χ4n) is 1.76. The Labute approximate surface area is 87.1 Å². The molecule has 1 aliphatic rings. The molecular weight excluding hydrogens is 176 g/mol. The molecule has 1 rings (SSSR count). The highest BCUT2D eigenvalue weighted by atomic mass is 16.5. The number of likely N-dealkylation sites (N-methyl/N-ethyl adjacent to an activating group) is 1. The predicted molar refractivity (Wildman–Crippen MR) is 59.5 cm³/mol. The molecule has 14 heavy (non-hydrogen) atoms. The molecule has 1 N–H and O–H groups in total. The summed E-state index contributed by atoms with van der Waals surface area (Å²) in [6.07, 6.45) is 0. The van der Waals surface area contributed by atoms with Crippen LogP contribution >= 0.6 is 0 Å². The number of nitrogens with zero attached hydrogens (tertiary/aromatic N) is 1. The zero-order valence-corrected chi connectivity index (χ0v) is 9.60. The zero-order valence-electron chi connectivity index (χ0n) is 9.60. The number of nitrogens with one attached hydrogen (secondary N) is 1. The molecule has 0 spiro atoms. The molecule has 3 nitrogen and oxygen atoms in total. The van der Waals surface area contributed by atoms with Crippen LogP contribution in [0.25, 0.3) is 0 Å². The lowest BCUT2D eigenvalue weighted by Gasteiger charge is -2.42. The minimum absolute atomic E-state index is 0.148. The lowest BCUT2D eigenvalue weighted by atomic mass is 10.0. The van der Waals surface area contributed by atoms with Crippen molar-refractivity contribution in [3.8, 4) is 0 Å². The summed E-state index contributed by atoms with van der Waals surface area (Å²) in [6, 6.07) is 0. The average molecular weight is 198 g/mol. The number of hydrogen-bond acceptors (Lipinski definition) is 3. The van der Waals surface area contributed by atoms with Gasteiger partial charge in [0.2, 0.25) is 0 Å². The van der Waals surface area contributed by atoms with Crippen LogP contribution in [0.2, 0.25) is 0 Å². The molecule has 0 aliphatic carbocycles. The zero-order chi connectivity index (χ0) is 10.6. The second-order valence-electron chi connectivity index (χ2n) is 4.57. The third-order valence-electron chi connectivity index (χ3n) is 2.66. The van der Waals surface area contributed by atoms with Crippen molar-refractivity contribution in [3.63, 3.8) is 0 Å². The third kappa shape index (κ3) is 3.08. The number of hydrogen-bond donors (Lipinski definition) is 1. The molecule has 82 valence electrons. The summed E-state index contributed by atoms with van der Waals surface area (Å²) < 4.78 is 5.47. The van der Waals surface area contributed by atoms with Gasteiger partial charge in [-0.3, -0.25) is 4.90 Å². The molecule has 0 unspecified atom stereocenters. The molecule has 1 fully saturated rings. The highest BCUT2D eigenvalue weighted by Gasteiger charge is 2.30. The Morgan fingerprint density at radius 3 is 2.86 bits per heavy atom. The lowest BCUT2D eigenvalue weighted by Crippen LogP contribution is -2.53. The first-order chi connectivity index (χ1) is 6.56.